The Hall–Kier alpha value is -0.650. The van der Waals surface area contributed by atoms with Crippen LogP contribution in [-0.4, -0.2) is 72.7 Å². The third-order valence-corrected chi connectivity index (χ3v) is 3.21. The van der Waals surface area contributed by atoms with E-state index >= 15 is 0 Å². The summed E-state index contributed by atoms with van der Waals surface area (Å²) in [4.78, 5) is 16.0. The van der Waals surface area contributed by atoms with Crippen molar-refractivity contribution in [3.8, 4) is 0 Å². The summed E-state index contributed by atoms with van der Waals surface area (Å²) in [5.74, 6) is 0.0726. The first-order valence-electron chi connectivity index (χ1n) is 5.82. The zero-order valence-electron chi connectivity index (χ0n) is 10.5. The topological polar surface area (TPSA) is 55.8 Å². The molecule has 0 radical (unpaired) electrons. The summed E-state index contributed by atoms with van der Waals surface area (Å²) in [5, 5.41) is 12.1. The minimum atomic E-state index is -0.480. The van der Waals surface area contributed by atoms with Crippen molar-refractivity contribution >= 4 is 5.91 Å². The number of rotatable bonds is 4. The van der Waals surface area contributed by atoms with Gasteiger partial charge in [0.1, 0.15) is 0 Å². The first-order chi connectivity index (χ1) is 7.50. The molecule has 1 fully saturated rings. The second-order valence-corrected chi connectivity index (χ2v) is 4.75. The number of hydrogen-bond acceptors (Lipinski definition) is 4. The third kappa shape index (κ3) is 2.93. The summed E-state index contributed by atoms with van der Waals surface area (Å²) in [7, 11) is 1.74. The summed E-state index contributed by atoms with van der Waals surface area (Å²) < 4.78 is 0. The standard InChI is InChI=1S/C11H23N3O2/c1-11(2,10(16)13(3)8-9-15)14-6-4-12-5-7-14/h12,15H,4-9H2,1-3H3. The fourth-order valence-corrected chi connectivity index (χ4v) is 2.08. The lowest BCUT2D eigenvalue weighted by molar-refractivity contribution is -0.142. The fourth-order valence-electron chi connectivity index (χ4n) is 2.08. The van der Waals surface area contributed by atoms with Gasteiger partial charge in [0.2, 0.25) is 5.91 Å². The van der Waals surface area contributed by atoms with Crippen LogP contribution in [0.15, 0.2) is 0 Å². The minimum Gasteiger partial charge on any atom is -0.395 e. The zero-order valence-corrected chi connectivity index (χ0v) is 10.5. The number of aliphatic hydroxyl groups excluding tert-OH is 1. The number of carbonyl (C=O) groups is 1. The van der Waals surface area contributed by atoms with E-state index in [-0.39, 0.29) is 12.5 Å². The molecule has 0 saturated carbocycles. The molecule has 0 aromatic carbocycles. The fraction of sp³-hybridized carbons (Fsp3) is 0.909. The molecule has 0 aliphatic carbocycles. The van der Waals surface area contributed by atoms with Gasteiger partial charge in [0.05, 0.1) is 12.1 Å². The van der Waals surface area contributed by atoms with Crippen molar-refractivity contribution in [3.63, 3.8) is 0 Å². The monoisotopic (exact) mass is 229 g/mol. The molecular formula is C11H23N3O2. The number of piperazine rings is 1. The van der Waals surface area contributed by atoms with E-state index in [4.69, 9.17) is 5.11 Å². The molecule has 0 bridgehead atoms. The van der Waals surface area contributed by atoms with Gasteiger partial charge in [-0.15, -0.1) is 0 Å². The van der Waals surface area contributed by atoms with Crippen molar-refractivity contribution in [2.24, 2.45) is 0 Å². The molecule has 0 unspecified atom stereocenters. The van der Waals surface area contributed by atoms with Crippen LogP contribution < -0.4 is 5.32 Å². The van der Waals surface area contributed by atoms with Gasteiger partial charge < -0.3 is 15.3 Å². The first-order valence-corrected chi connectivity index (χ1v) is 5.82. The maximum Gasteiger partial charge on any atom is 0.242 e. The first kappa shape index (κ1) is 13.4. The summed E-state index contributed by atoms with van der Waals surface area (Å²) in [5.41, 5.74) is -0.480. The van der Waals surface area contributed by atoms with Crippen LogP contribution in [0.2, 0.25) is 0 Å². The predicted octanol–water partition coefficient (Wildman–Crippen LogP) is -0.879. The lowest BCUT2D eigenvalue weighted by Gasteiger charge is -2.41. The number of likely N-dealkylation sites (N-methyl/N-ethyl adjacent to an activating group) is 1. The molecule has 1 amide bonds. The molecule has 94 valence electrons. The van der Waals surface area contributed by atoms with E-state index in [9.17, 15) is 4.79 Å². The van der Waals surface area contributed by atoms with Gasteiger partial charge >= 0.3 is 0 Å². The highest BCUT2D eigenvalue weighted by Gasteiger charge is 2.36. The van der Waals surface area contributed by atoms with Crippen LogP contribution in [0.1, 0.15) is 13.8 Å². The van der Waals surface area contributed by atoms with Crippen LogP contribution in [0.4, 0.5) is 0 Å². The smallest absolute Gasteiger partial charge is 0.242 e. The van der Waals surface area contributed by atoms with Gasteiger partial charge in [-0.2, -0.15) is 0 Å². The molecule has 1 aliphatic heterocycles. The largest absolute Gasteiger partial charge is 0.395 e. The molecule has 0 aromatic rings. The normalized spacial score (nSPS) is 18.5. The van der Waals surface area contributed by atoms with E-state index in [0.717, 1.165) is 26.2 Å². The summed E-state index contributed by atoms with van der Waals surface area (Å²) in [6.07, 6.45) is 0. The zero-order chi connectivity index (χ0) is 12.2. The van der Waals surface area contributed by atoms with E-state index < -0.39 is 5.54 Å². The van der Waals surface area contributed by atoms with Crippen molar-refractivity contribution in [1.29, 1.82) is 0 Å². The predicted molar refractivity (Wildman–Crippen MR) is 63.2 cm³/mol. The number of nitrogens with one attached hydrogen (secondary N) is 1. The second kappa shape index (κ2) is 5.61. The average molecular weight is 229 g/mol. The maximum atomic E-state index is 12.2. The van der Waals surface area contributed by atoms with Crippen molar-refractivity contribution in [1.82, 2.24) is 15.1 Å². The van der Waals surface area contributed by atoms with Crippen molar-refractivity contribution < 1.29 is 9.90 Å². The molecule has 1 saturated heterocycles. The summed E-state index contributed by atoms with van der Waals surface area (Å²) in [6, 6.07) is 0. The van der Waals surface area contributed by atoms with Gasteiger partial charge in [0.25, 0.3) is 0 Å². The van der Waals surface area contributed by atoms with Crippen LogP contribution in [0, 0.1) is 0 Å². The van der Waals surface area contributed by atoms with Crippen LogP contribution in [-0.2, 0) is 4.79 Å². The van der Waals surface area contributed by atoms with E-state index in [1.165, 1.54) is 0 Å². The molecule has 16 heavy (non-hydrogen) atoms. The lowest BCUT2D eigenvalue weighted by Crippen LogP contribution is -2.60. The van der Waals surface area contributed by atoms with Crippen molar-refractivity contribution in [2.45, 2.75) is 19.4 Å². The second-order valence-electron chi connectivity index (χ2n) is 4.75. The van der Waals surface area contributed by atoms with Crippen molar-refractivity contribution in [3.05, 3.63) is 0 Å². The number of aliphatic hydroxyl groups is 1. The Kier molecular flexibility index (Phi) is 4.70. The van der Waals surface area contributed by atoms with Crippen LogP contribution >= 0.6 is 0 Å². The summed E-state index contributed by atoms with van der Waals surface area (Å²) in [6.45, 7) is 7.97. The summed E-state index contributed by atoms with van der Waals surface area (Å²) >= 11 is 0. The van der Waals surface area contributed by atoms with Crippen LogP contribution in [0.5, 0.6) is 0 Å². The van der Waals surface area contributed by atoms with E-state index in [1.807, 2.05) is 13.8 Å². The maximum absolute atomic E-state index is 12.2. The van der Waals surface area contributed by atoms with Gasteiger partial charge in [0, 0.05) is 39.8 Å². The van der Waals surface area contributed by atoms with Gasteiger partial charge in [-0.1, -0.05) is 0 Å². The molecule has 1 aliphatic rings. The molecular weight excluding hydrogens is 206 g/mol. The van der Waals surface area contributed by atoms with Crippen LogP contribution in [0.25, 0.3) is 0 Å². The minimum absolute atomic E-state index is 0.0138. The molecule has 1 heterocycles. The molecule has 0 spiro atoms. The van der Waals surface area contributed by atoms with Gasteiger partial charge in [0.15, 0.2) is 0 Å². The van der Waals surface area contributed by atoms with Crippen LogP contribution in [0.3, 0.4) is 0 Å². The molecule has 1 rings (SSSR count). The van der Waals surface area contributed by atoms with Gasteiger partial charge in [-0.25, -0.2) is 0 Å². The Labute approximate surface area is 97.4 Å². The number of carbonyl (C=O) groups excluding carboxylic acids is 1. The molecule has 5 nitrogen and oxygen atoms in total. The van der Waals surface area contributed by atoms with E-state index in [0.29, 0.717) is 6.54 Å². The highest BCUT2D eigenvalue weighted by atomic mass is 16.3. The Morgan fingerprint density at radius 2 is 2.00 bits per heavy atom. The molecule has 2 N–H and O–H groups in total. The number of amides is 1. The Morgan fingerprint density at radius 3 is 2.50 bits per heavy atom. The Bertz CT molecular complexity index is 237. The number of nitrogens with zero attached hydrogens (tertiary/aromatic N) is 2. The van der Waals surface area contributed by atoms with E-state index in [2.05, 4.69) is 10.2 Å². The average Bonchev–Trinajstić information content (AvgIpc) is 2.29. The lowest BCUT2D eigenvalue weighted by atomic mass is 10.00. The highest BCUT2D eigenvalue weighted by molar-refractivity contribution is 5.85. The Morgan fingerprint density at radius 1 is 1.44 bits per heavy atom. The molecule has 0 aromatic heterocycles. The van der Waals surface area contributed by atoms with Crippen molar-refractivity contribution in [2.75, 3.05) is 46.4 Å². The molecule has 0 atom stereocenters. The third-order valence-electron chi connectivity index (χ3n) is 3.21. The highest BCUT2D eigenvalue weighted by Crippen LogP contribution is 2.17. The molecule has 5 heteroatoms. The van der Waals surface area contributed by atoms with Gasteiger partial charge in [-0.05, 0) is 13.8 Å². The number of hydrogen-bond donors (Lipinski definition) is 2. The quantitative estimate of drug-likeness (QED) is 0.657. The van der Waals surface area contributed by atoms with Gasteiger partial charge in [-0.3, -0.25) is 9.69 Å². The van der Waals surface area contributed by atoms with E-state index in [1.54, 1.807) is 11.9 Å². The Balaban J connectivity index is 2.63. The SMILES string of the molecule is CN(CCO)C(=O)C(C)(C)N1CCNCC1.